The van der Waals surface area contributed by atoms with Crippen LogP contribution in [0.25, 0.3) is 0 Å². The van der Waals surface area contributed by atoms with Gasteiger partial charge in [-0.3, -0.25) is 4.79 Å². The largest absolute Gasteiger partial charge is 0.367 e. The lowest BCUT2D eigenvalue weighted by molar-refractivity contribution is 0.589. The summed E-state index contributed by atoms with van der Waals surface area (Å²) in [7, 11) is 0. The second kappa shape index (κ2) is 6.57. The number of rotatable bonds is 6. The molecule has 0 radical (unpaired) electrons. The zero-order valence-electron chi connectivity index (χ0n) is 13.8. The zero-order valence-corrected chi connectivity index (χ0v) is 13.8. The summed E-state index contributed by atoms with van der Waals surface area (Å²) in [6.45, 7) is 6.37. The quantitative estimate of drug-likeness (QED) is 0.812. The first-order valence-electron chi connectivity index (χ1n) is 8.27. The Morgan fingerprint density at radius 3 is 2.48 bits per heavy atom. The van der Waals surface area contributed by atoms with Crippen LogP contribution in [0.2, 0.25) is 0 Å². The normalized spacial score (nSPS) is 14.0. The van der Waals surface area contributed by atoms with Crippen molar-refractivity contribution in [2.75, 3.05) is 11.4 Å². The predicted octanol–water partition coefficient (Wildman–Crippen LogP) is 3.73. The maximum atomic E-state index is 13.1. The van der Waals surface area contributed by atoms with E-state index in [1.54, 1.807) is 18.2 Å². The average molecular weight is 314 g/mol. The van der Waals surface area contributed by atoms with Gasteiger partial charge in [-0.1, -0.05) is 0 Å². The number of nitrogens with zero attached hydrogens (tertiary/aromatic N) is 2. The molecule has 3 rings (SSSR count). The molecule has 0 saturated heterocycles. The number of hydrogen-bond donors (Lipinski definition) is 0. The van der Waals surface area contributed by atoms with Crippen LogP contribution >= 0.6 is 0 Å². The fraction of sp³-hybridized carbons (Fsp3) is 0.421. The fourth-order valence-corrected chi connectivity index (χ4v) is 2.94. The Morgan fingerprint density at radius 1 is 1.22 bits per heavy atom. The van der Waals surface area contributed by atoms with Crippen LogP contribution in [0.4, 0.5) is 10.1 Å². The van der Waals surface area contributed by atoms with Gasteiger partial charge in [0.2, 0.25) is 0 Å². The van der Waals surface area contributed by atoms with Crippen LogP contribution in [0, 0.1) is 18.7 Å². The van der Waals surface area contributed by atoms with E-state index in [0.717, 1.165) is 30.0 Å². The van der Waals surface area contributed by atoms with Crippen molar-refractivity contribution in [3.8, 4) is 0 Å². The molecule has 122 valence electrons. The molecule has 1 fully saturated rings. The summed E-state index contributed by atoms with van der Waals surface area (Å²) < 4.78 is 15.0. The Morgan fingerprint density at radius 2 is 1.91 bits per heavy atom. The molecule has 0 N–H and O–H groups in total. The topological polar surface area (TPSA) is 25.2 Å². The van der Waals surface area contributed by atoms with Crippen molar-refractivity contribution in [3.05, 3.63) is 63.8 Å². The molecular weight excluding hydrogens is 291 g/mol. The van der Waals surface area contributed by atoms with Gasteiger partial charge in [0.15, 0.2) is 0 Å². The van der Waals surface area contributed by atoms with Crippen molar-refractivity contribution in [1.82, 2.24) is 4.57 Å². The molecular formula is C19H23FN2O. The molecule has 0 bridgehead atoms. The number of benzene rings is 1. The zero-order chi connectivity index (χ0) is 16.4. The molecule has 0 unspecified atom stereocenters. The van der Waals surface area contributed by atoms with Gasteiger partial charge in [0.05, 0.1) is 0 Å². The molecule has 1 aromatic carbocycles. The van der Waals surface area contributed by atoms with Gasteiger partial charge in [-0.05, 0) is 68.5 Å². The van der Waals surface area contributed by atoms with E-state index in [1.807, 2.05) is 11.5 Å². The Bertz CT molecular complexity index is 732. The van der Waals surface area contributed by atoms with Gasteiger partial charge in [0.1, 0.15) is 5.82 Å². The van der Waals surface area contributed by atoms with Crippen molar-refractivity contribution < 1.29 is 4.39 Å². The third-order valence-electron chi connectivity index (χ3n) is 4.48. The monoisotopic (exact) mass is 314 g/mol. The SMILES string of the molecule is CCN(Cc1cc(C)n(CC2CC2)c(=O)c1)c1ccc(F)cc1. The van der Waals surface area contributed by atoms with E-state index in [4.69, 9.17) is 0 Å². The summed E-state index contributed by atoms with van der Waals surface area (Å²) in [4.78, 5) is 14.5. The van der Waals surface area contributed by atoms with Gasteiger partial charge in [-0.15, -0.1) is 0 Å². The van der Waals surface area contributed by atoms with Crippen LogP contribution in [0.15, 0.2) is 41.2 Å². The standard InChI is InChI=1S/C19H23FN2O/c1-3-21(18-8-6-17(20)7-9-18)12-16-10-14(2)22(19(23)11-16)13-15-4-5-15/h6-11,15H,3-5,12-13H2,1-2H3. The van der Waals surface area contributed by atoms with E-state index < -0.39 is 0 Å². The minimum atomic E-state index is -0.233. The maximum absolute atomic E-state index is 13.1. The second-order valence-corrected chi connectivity index (χ2v) is 6.39. The number of aryl methyl sites for hydroxylation is 1. The van der Waals surface area contributed by atoms with Crippen LogP contribution in [-0.2, 0) is 13.1 Å². The number of pyridine rings is 1. The molecule has 2 aromatic rings. The van der Waals surface area contributed by atoms with Crippen molar-refractivity contribution in [2.24, 2.45) is 5.92 Å². The fourth-order valence-electron chi connectivity index (χ4n) is 2.94. The summed E-state index contributed by atoms with van der Waals surface area (Å²) in [5.41, 5.74) is 3.08. The number of aromatic nitrogens is 1. The highest BCUT2D eigenvalue weighted by molar-refractivity contribution is 5.46. The van der Waals surface area contributed by atoms with Crippen LogP contribution < -0.4 is 10.5 Å². The van der Waals surface area contributed by atoms with Gasteiger partial charge in [0.25, 0.3) is 5.56 Å². The number of halogens is 1. The summed E-state index contributed by atoms with van der Waals surface area (Å²) in [5, 5.41) is 0. The lowest BCUT2D eigenvalue weighted by Crippen LogP contribution is -2.26. The summed E-state index contributed by atoms with van der Waals surface area (Å²) in [6.07, 6.45) is 2.48. The second-order valence-electron chi connectivity index (χ2n) is 6.39. The molecule has 0 aliphatic heterocycles. The van der Waals surface area contributed by atoms with Crippen molar-refractivity contribution >= 4 is 5.69 Å². The minimum Gasteiger partial charge on any atom is -0.367 e. The molecule has 4 heteroatoms. The van der Waals surface area contributed by atoms with Gasteiger partial charge in [0, 0.05) is 37.1 Å². The smallest absolute Gasteiger partial charge is 0.251 e. The molecule has 1 saturated carbocycles. The van der Waals surface area contributed by atoms with Crippen LogP contribution in [0.5, 0.6) is 0 Å². The summed E-state index contributed by atoms with van der Waals surface area (Å²) in [6, 6.07) is 10.3. The molecule has 1 aliphatic rings. The molecule has 0 spiro atoms. The third-order valence-corrected chi connectivity index (χ3v) is 4.48. The third kappa shape index (κ3) is 3.81. The predicted molar refractivity (Wildman–Crippen MR) is 91.3 cm³/mol. The van der Waals surface area contributed by atoms with E-state index >= 15 is 0 Å². The molecule has 0 atom stereocenters. The van der Waals surface area contributed by atoms with Crippen molar-refractivity contribution in [3.63, 3.8) is 0 Å². The van der Waals surface area contributed by atoms with Crippen molar-refractivity contribution in [1.29, 1.82) is 0 Å². The van der Waals surface area contributed by atoms with Crippen LogP contribution in [0.3, 0.4) is 0 Å². The van der Waals surface area contributed by atoms with Gasteiger partial charge in [-0.2, -0.15) is 0 Å². The highest BCUT2D eigenvalue weighted by Gasteiger charge is 2.22. The van der Waals surface area contributed by atoms with Gasteiger partial charge in [-0.25, -0.2) is 4.39 Å². The van der Waals surface area contributed by atoms with Gasteiger partial charge < -0.3 is 9.47 Å². The first-order valence-corrected chi connectivity index (χ1v) is 8.27. The lowest BCUT2D eigenvalue weighted by Gasteiger charge is -2.23. The van der Waals surface area contributed by atoms with Gasteiger partial charge >= 0.3 is 0 Å². The van der Waals surface area contributed by atoms with E-state index in [-0.39, 0.29) is 11.4 Å². The minimum absolute atomic E-state index is 0.0852. The molecule has 1 aliphatic carbocycles. The molecule has 23 heavy (non-hydrogen) atoms. The van der Waals surface area contributed by atoms with Crippen LogP contribution in [-0.4, -0.2) is 11.1 Å². The molecule has 1 aromatic heterocycles. The molecule has 0 amide bonds. The number of hydrogen-bond acceptors (Lipinski definition) is 2. The Labute approximate surface area is 136 Å². The molecule has 1 heterocycles. The highest BCUT2D eigenvalue weighted by atomic mass is 19.1. The van der Waals surface area contributed by atoms with E-state index in [1.165, 1.54) is 25.0 Å². The Kier molecular flexibility index (Phi) is 4.51. The van der Waals surface area contributed by atoms with Crippen LogP contribution in [0.1, 0.15) is 31.0 Å². The maximum Gasteiger partial charge on any atom is 0.251 e. The Balaban J connectivity index is 1.80. The average Bonchev–Trinajstić information content (AvgIpc) is 3.34. The lowest BCUT2D eigenvalue weighted by atomic mass is 10.2. The first kappa shape index (κ1) is 15.8. The number of anilines is 1. The van der Waals surface area contributed by atoms with Crippen molar-refractivity contribution in [2.45, 2.75) is 39.8 Å². The van der Waals surface area contributed by atoms with E-state index in [2.05, 4.69) is 17.9 Å². The highest BCUT2D eigenvalue weighted by Crippen LogP contribution is 2.30. The van der Waals surface area contributed by atoms with E-state index in [9.17, 15) is 9.18 Å². The first-order chi connectivity index (χ1) is 11.1. The van der Waals surface area contributed by atoms with E-state index in [0.29, 0.717) is 12.5 Å². The summed E-state index contributed by atoms with van der Waals surface area (Å²) in [5.74, 6) is 0.451. The summed E-state index contributed by atoms with van der Waals surface area (Å²) >= 11 is 0. The Hall–Kier alpha value is -2.10. The molecule has 3 nitrogen and oxygen atoms in total.